The minimum atomic E-state index is -3.68. The maximum absolute atomic E-state index is 12.3. The Balaban J connectivity index is 3.52. The predicted octanol–water partition coefficient (Wildman–Crippen LogP) is 2.01. The van der Waals surface area contributed by atoms with E-state index in [4.69, 9.17) is 4.74 Å². The molecule has 132 valence electrons. The molecule has 8 nitrogen and oxygen atoms in total. The number of esters is 1. The van der Waals surface area contributed by atoms with E-state index in [0.717, 1.165) is 31.4 Å². The van der Waals surface area contributed by atoms with Crippen LogP contribution in [0.3, 0.4) is 0 Å². The minimum Gasteiger partial charge on any atom is -0.459 e. The normalized spacial score (nSPS) is 13.2. The Hall–Kier alpha value is -2.29. The van der Waals surface area contributed by atoms with Gasteiger partial charge in [0.15, 0.2) is 9.84 Å². The molecule has 1 atom stereocenters. The first kappa shape index (κ1) is 19.8. The van der Waals surface area contributed by atoms with Crippen LogP contribution in [0.2, 0.25) is 0 Å². The molecule has 0 radical (unpaired) electrons. The Morgan fingerprint density at radius 1 is 1.25 bits per heavy atom. The molecule has 0 aromatic heterocycles. The van der Waals surface area contributed by atoms with Crippen molar-refractivity contribution in [3.05, 3.63) is 33.9 Å². The number of ether oxygens (including phenoxy) is 1. The topological polar surface area (TPSA) is 121 Å². The van der Waals surface area contributed by atoms with Crippen molar-refractivity contribution in [1.29, 1.82) is 0 Å². The molecule has 0 spiro atoms. The molecule has 0 heterocycles. The van der Waals surface area contributed by atoms with Crippen molar-refractivity contribution in [2.45, 2.75) is 44.1 Å². The van der Waals surface area contributed by atoms with Crippen LogP contribution < -0.4 is 0 Å². The van der Waals surface area contributed by atoms with E-state index in [0.29, 0.717) is 0 Å². The third-order valence-electron chi connectivity index (χ3n) is 2.99. The van der Waals surface area contributed by atoms with E-state index in [-0.39, 0.29) is 10.5 Å². The summed E-state index contributed by atoms with van der Waals surface area (Å²) >= 11 is 0. The Bertz CT molecular complexity index is 791. The highest BCUT2D eigenvalue weighted by molar-refractivity contribution is 7.90. The SMILES string of the molecule is CC(=O)C(C(=O)OC(C)(C)C)c1ccc(S(C)(=O)=O)cc1[N+](=O)[O-]. The fourth-order valence-electron chi connectivity index (χ4n) is 2.03. The van der Waals surface area contributed by atoms with Crippen molar-refractivity contribution in [3.63, 3.8) is 0 Å². The van der Waals surface area contributed by atoms with Crippen LogP contribution in [0.25, 0.3) is 0 Å². The van der Waals surface area contributed by atoms with Gasteiger partial charge in [-0.25, -0.2) is 8.42 Å². The molecule has 1 rings (SSSR count). The van der Waals surface area contributed by atoms with E-state index >= 15 is 0 Å². The van der Waals surface area contributed by atoms with Crippen molar-refractivity contribution in [2.75, 3.05) is 6.26 Å². The molecule has 0 aliphatic heterocycles. The van der Waals surface area contributed by atoms with Crippen LogP contribution in [0.1, 0.15) is 39.2 Å². The summed E-state index contributed by atoms with van der Waals surface area (Å²) in [4.78, 5) is 34.3. The number of sulfone groups is 1. The molecule has 0 aliphatic carbocycles. The van der Waals surface area contributed by atoms with Gasteiger partial charge in [-0.15, -0.1) is 0 Å². The van der Waals surface area contributed by atoms with Crippen LogP contribution in [0.5, 0.6) is 0 Å². The number of hydrogen-bond donors (Lipinski definition) is 0. The van der Waals surface area contributed by atoms with Crippen molar-refractivity contribution < 1.29 is 27.7 Å². The second kappa shape index (κ2) is 6.68. The third kappa shape index (κ3) is 4.85. The second-order valence-corrected chi connectivity index (χ2v) is 8.34. The molecule has 0 fully saturated rings. The number of carbonyl (C=O) groups is 2. The quantitative estimate of drug-likeness (QED) is 0.342. The smallest absolute Gasteiger partial charge is 0.321 e. The van der Waals surface area contributed by atoms with Crippen molar-refractivity contribution >= 4 is 27.3 Å². The second-order valence-electron chi connectivity index (χ2n) is 6.33. The van der Waals surface area contributed by atoms with Crippen LogP contribution in [0, 0.1) is 10.1 Å². The number of Topliss-reactive ketones (excluding diaryl/α,β-unsaturated/α-hetero) is 1. The Morgan fingerprint density at radius 2 is 1.79 bits per heavy atom. The molecule has 0 N–H and O–H groups in total. The maximum Gasteiger partial charge on any atom is 0.321 e. The van der Waals surface area contributed by atoms with Gasteiger partial charge in [0.25, 0.3) is 5.69 Å². The standard InChI is InChI=1S/C15H19NO7S/c1-9(17)13(14(18)23-15(2,3)4)11-7-6-10(24(5,21)22)8-12(11)16(19)20/h6-8,13H,1-5H3. The summed E-state index contributed by atoms with van der Waals surface area (Å²) in [5.74, 6) is -3.07. The average Bonchev–Trinajstić information content (AvgIpc) is 2.34. The van der Waals surface area contributed by atoms with E-state index < -0.39 is 43.7 Å². The van der Waals surface area contributed by atoms with Gasteiger partial charge in [0, 0.05) is 12.3 Å². The Morgan fingerprint density at radius 3 is 2.17 bits per heavy atom. The molecule has 0 saturated carbocycles. The highest BCUT2D eigenvalue weighted by Crippen LogP contribution is 2.31. The van der Waals surface area contributed by atoms with E-state index in [2.05, 4.69) is 0 Å². The van der Waals surface area contributed by atoms with E-state index in [1.54, 1.807) is 20.8 Å². The summed E-state index contributed by atoms with van der Waals surface area (Å²) in [5, 5.41) is 11.3. The van der Waals surface area contributed by atoms with Crippen molar-refractivity contribution in [1.82, 2.24) is 0 Å². The lowest BCUT2D eigenvalue weighted by Gasteiger charge is -2.23. The molecule has 0 aliphatic rings. The first-order chi connectivity index (χ1) is 10.7. The van der Waals surface area contributed by atoms with Gasteiger partial charge in [0.2, 0.25) is 0 Å². The lowest BCUT2D eigenvalue weighted by molar-refractivity contribution is -0.385. The van der Waals surface area contributed by atoms with Crippen LogP contribution in [-0.2, 0) is 24.2 Å². The summed E-state index contributed by atoms with van der Waals surface area (Å²) in [7, 11) is -3.68. The van der Waals surface area contributed by atoms with Gasteiger partial charge < -0.3 is 4.74 Å². The Kier molecular flexibility index (Phi) is 5.50. The zero-order valence-electron chi connectivity index (χ0n) is 14.0. The number of carbonyl (C=O) groups excluding carboxylic acids is 2. The minimum absolute atomic E-state index is 0.200. The highest BCUT2D eigenvalue weighted by Gasteiger charge is 2.35. The van der Waals surface area contributed by atoms with Gasteiger partial charge in [-0.3, -0.25) is 19.7 Å². The molecule has 0 amide bonds. The van der Waals surface area contributed by atoms with Gasteiger partial charge >= 0.3 is 5.97 Å². The van der Waals surface area contributed by atoms with Crippen molar-refractivity contribution in [2.24, 2.45) is 0 Å². The van der Waals surface area contributed by atoms with Crippen LogP contribution in [0.4, 0.5) is 5.69 Å². The zero-order valence-corrected chi connectivity index (χ0v) is 14.8. The molecule has 1 aromatic carbocycles. The van der Waals surface area contributed by atoms with Crippen LogP contribution in [-0.4, -0.2) is 37.0 Å². The summed E-state index contributed by atoms with van der Waals surface area (Å²) in [6.45, 7) is 5.92. The summed E-state index contributed by atoms with van der Waals surface area (Å²) < 4.78 is 28.3. The van der Waals surface area contributed by atoms with Crippen LogP contribution in [0.15, 0.2) is 23.1 Å². The summed E-state index contributed by atoms with van der Waals surface area (Å²) in [6.07, 6.45) is 0.905. The maximum atomic E-state index is 12.3. The van der Waals surface area contributed by atoms with Gasteiger partial charge in [0.05, 0.1) is 15.4 Å². The lowest BCUT2D eigenvalue weighted by atomic mass is 9.93. The lowest BCUT2D eigenvalue weighted by Crippen LogP contribution is -2.31. The first-order valence-electron chi connectivity index (χ1n) is 6.96. The largest absolute Gasteiger partial charge is 0.459 e. The number of nitro groups is 1. The number of benzene rings is 1. The molecule has 9 heteroatoms. The van der Waals surface area contributed by atoms with Gasteiger partial charge in [-0.05, 0) is 39.8 Å². The molecular weight excluding hydrogens is 338 g/mol. The average molecular weight is 357 g/mol. The monoisotopic (exact) mass is 357 g/mol. The van der Waals surface area contributed by atoms with Crippen molar-refractivity contribution in [3.8, 4) is 0 Å². The molecule has 24 heavy (non-hydrogen) atoms. The van der Waals surface area contributed by atoms with Gasteiger partial charge in [-0.2, -0.15) is 0 Å². The molecule has 1 unspecified atom stereocenters. The highest BCUT2D eigenvalue weighted by atomic mass is 32.2. The number of nitro benzene ring substituents is 1. The Labute approximate surface area is 139 Å². The predicted molar refractivity (Wildman–Crippen MR) is 85.5 cm³/mol. The van der Waals surface area contributed by atoms with E-state index in [9.17, 15) is 28.1 Å². The van der Waals surface area contributed by atoms with E-state index in [1.807, 2.05) is 0 Å². The van der Waals surface area contributed by atoms with Crippen LogP contribution >= 0.6 is 0 Å². The molecule has 0 bridgehead atoms. The molecule has 0 saturated heterocycles. The van der Waals surface area contributed by atoms with E-state index in [1.165, 1.54) is 0 Å². The zero-order chi connectivity index (χ0) is 18.9. The third-order valence-corrected chi connectivity index (χ3v) is 4.10. The summed E-state index contributed by atoms with van der Waals surface area (Å²) in [5.41, 5.74) is -1.70. The fourth-order valence-corrected chi connectivity index (χ4v) is 2.67. The molecular formula is C15H19NO7S. The van der Waals surface area contributed by atoms with Gasteiger partial charge in [-0.1, -0.05) is 0 Å². The number of ketones is 1. The first-order valence-corrected chi connectivity index (χ1v) is 8.85. The number of nitrogens with zero attached hydrogens (tertiary/aromatic N) is 1. The number of rotatable bonds is 5. The molecule has 1 aromatic rings. The summed E-state index contributed by atoms with van der Waals surface area (Å²) in [6, 6.07) is 3.06. The number of hydrogen-bond acceptors (Lipinski definition) is 7. The van der Waals surface area contributed by atoms with Gasteiger partial charge in [0.1, 0.15) is 17.3 Å². The fraction of sp³-hybridized carbons (Fsp3) is 0.467.